The van der Waals surface area contributed by atoms with Gasteiger partial charge in [0.25, 0.3) is 0 Å². The van der Waals surface area contributed by atoms with Crippen LogP contribution in [0, 0.1) is 0 Å². The Bertz CT molecular complexity index is 223. The molecule has 1 heterocycles. The van der Waals surface area contributed by atoms with Crippen molar-refractivity contribution in [2.45, 2.75) is 20.3 Å². The monoisotopic (exact) mass is 151 g/mol. The Kier molecular flexibility index (Phi) is 2.90. The van der Waals surface area contributed by atoms with Crippen molar-refractivity contribution < 1.29 is 4.74 Å². The van der Waals surface area contributed by atoms with Crippen molar-refractivity contribution in [1.82, 2.24) is 4.98 Å². The maximum absolute atomic E-state index is 5.32. The number of pyridine rings is 1. The van der Waals surface area contributed by atoms with E-state index in [1.807, 2.05) is 19.1 Å². The standard InChI is InChI=1S/C9H13NO/c1-3-8-6-5-7-10-9(8)11-4-2/h5-7H,3-4H2,1-2H3. The Labute approximate surface area is 67.2 Å². The Hall–Kier alpha value is -1.05. The second-order valence-electron chi connectivity index (χ2n) is 2.25. The molecule has 1 aromatic heterocycles. The number of rotatable bonds is 3. The fourth-order valence-electron chi connectivity index (χ4n) is 0.960. The Morgan fingerprint density at radius 2 is 2.27 bits per heavy atom. The molecule has 11 heavy (non-hydrogen) atoms. The third-order valence-corrected chi connectivity index (χ3v) is 1.51. The summed E-state index contributed by atoms with van der Waals surface area (Å²) < 4.78 is 5.32. The van der Waals surface area contributed by atoms with E-state index in [1.165, 1.54) is 5.56 Å². The molecule has 0 aromatic carbocycles. The van der Waals surface area contributed by atoms with Gasteiger partial charge in [-0.1, -0.05) is 13.0 Å². The molecule has 0 fully saturated rings. The van der Waals surface area contributed by atoms with Gasteiger partial charge in [-0.25, -0.2) is 4.98 Å². The molecule has 2 nitrogen and oxygen atoms in total. The first-order valence-corrected chi connectivity index (χ1v) is 3.95. The summed E-state index contributed by atoms with van der Waals surface area (Å²) in [5.74, 6) is 0.775. The van der Waals surface area contributed by atoms with Crippen molar-refractivity contribution in [3.05, 3.63) is 23.9 Å². The fourth-order valence-corrected chi connectivity index (χ4v) is 0.960. The molecule has 0 aliphatic carbocycles. The number of hydrogen-bond donors (Lipinski definition) is 0. The highest BCUT2D eigenvalue weighted by atomic mass is 16.5. The molecule has 2 heteroatoms. The number of nitrogens with zero attached hydrogens (tertiary/aromatic N) is 1. The number of ether oxygens (including phenoxy) is 1. The largest absolute Gasteiger partial charge is 0.478 e. The second kappa shape index (κ2) is 3.96. The van der Waals surface area contributed by atoms with Crippen LogP contribution in [0.15, 0.2) is 18.3 Å². The van der Waals surface area contributed by atoms with E-state index < -0.39 is 0 Å². The summed E-state index contributed by atoms with van der Waals surface area (Å²) in [5, 5.41) is 0. The lowest BCUT2D eigenvalue weighted by atomic mass is 10.2. The van der Waals surface area contributed by atoms with Crippen LogP contribution in [-0.4, -0.2) is 11.6 Å². The minimum Gasteiger partial charge on any atom is -0.478 e. The van der Waals surface area contributed by atoms with E-state index >= 15 is 0 Å². The summed E-state index contributed by atoms with van der Waals surface area (Å²) in [6.07, 6.45) is 2.73. The van der Waals surface area contributed by atoms with Crippen molar-refractivity contribution in [3.8, 4) is 5.88 Å². The quantitative estimate of drug-likeness (QED) is 0.659. The number of hydrogen-bond acceptors (Lipinski definition) is 2. The maximum Gasteiger partial charge on any atom is 0.216 e. The van der Waals surface area contributed by atoms with Crippen LogP contribution in [-0.2, 0) is 6.42 Å². The summed E-state index contributed by atoms with van der Waals surface area (Å²) >= 11 is 0. The second-order valence-corrected chi connectivity index (χ2v) is 2.25. The van der Waals surface area contributed by atoms with Crippen LogP contribution in [0.2, 0.25) is 0 Å². The first kappa shape index (κ1) is 8.05. The lowest BCUT2D eigenvalue weighted by molar-refractivity contribution is 0.323. The van der Waals surface area contributed by atoms with E-state index in [1.54, 1.807) is 6.20 Å². The highest BCUT2D eigenvalue weighted by Gasteiger charge is 1.99. The Morgan fingerprint density at radius 1 is 1.45 bits per heavy atom. The average Bonchev–Trinajstić information content (AvgIpc) is 2.06. The van der Waals surface area contributed by atoms with Gasteiger partial charge in [0.1, 0.15) is 0 Å². The maximum atomic E-state index is 5.32. The van der Waals surface area contributed by atoms with E-state index in [2.05, 4.69) is 11.9 Å². The molecule has 0 atom stereocenters. The summed E-state index contributed by atoms with van der Waals surface area (Å²) in [6.45, 7) is 4.75. The zero-order chi connectivity index (χ0) is 8.10. The first-order chi connectivity index (χ1) is 5.38. The predicted octanol–water partition coefficient (Wildman–Crippen LogP) is 2.04. The lowest BCUT2D eigenvalue weighted by Gasteiger charge is -2.05. The van der Waals surface area contributed by atoms with Crippen LogP contribution in [0.4, 0.5) is 0 Å². The summed E-state index contributed by atoms with van der Waals surface area (Å²) in [6, 6.07) is 3.97. The molecule has 0 aliphatic rings. The van der Waals surface area contributed by atoms with Crippen LogP contribution in [0.25, 0.3) is 0 Å². The highest BCUT2D eigenvalue weighted by Crippen LogP contribution is 2.13. The van der Waals surface area contributed by atoms with Crippen LogP contribution < -0.4 is 4.74 Å². The molecular formula is C9H13NO. The van der Waals surface area contributed by atoms with Gasteiger partial charge in [0.05, 0.1) is 6.61 Å². The van der Waals surface area contributed by atoms with Crippen molar-refractivity contribution in [3.63, 3.8) is 0 Å². The molecule has 0 amide bonds. The van der Waals surface area contributed by atoms with Crippen molar-refractivity contribution in [1.29, 1.82) is 0 Å². The minimum atomic E-state index is 0.685. The smallest absolute Gasteiger partial charge is 0.216 e. The van der Waals surface area contributed by atoms with Gasteiger partial charge in [-0.2, -0.15) is 0 Å². The SMILES string of the molecule is CCOc1ncccc1CC. The molecule has 1 aromatic rings. The van der Waals surface area contributed by atoms with Gasteiger partial charge in [-0.15, -0.1) is 0 Å². The molecule has 0 radical (unpaired) electrons. The fraction of sp³-hybridized carbons (Fsp3) is 0.444. The summed E-state index contributed by atoms with van der Waals surface area (Å²) in [4.78, 5) is 4.12. The molecule has 0 bridgehead atoms. The molecule has 0 unspecified atom stereocenters. The summed E-state index contributed by atoms with van der Waals surface area (Å²) in [5.41, 5.74) is 1.18. The number of aromatic nitrogens is 1. The topological polar surface area (TPSA) is 22.1 Å². The van der Waals surface area contributed by atoms with Gasteiger partial charge in [0.15, 0.2) is 0 Å². The molecule has 0 saturated carbocycles. The Balaban J connectivity index is 2.83. The Morgan fingerprint density at radius 3 is 2.91 bits per heavy atom. The molecule has 60 valence electrons. The van der Waals surface area contributed by atoms with Crippen molar-refractivity contribution >= 4 is 0 Å². The minimum absolute atomic E-state index is 0.685. The van der Waals surface area contributed by atoms with E-state index in [4.69, 9.17) is 4.74 Å². The van der Waals surface area contributed by atoms with E-state index in [9.17, 15) is 0 Å². The van der Waals surface area contributed by atoms with E-state index in [0.29, 0.717) is 6.61 Å². The lowest BCUT2D eigenvalue weighted by Crippen LogP contribution is -1.97. The first-order valence-electron chi connectivity index (χ1n) is 3.95. The van der Waals surface area contributed by atoms with E-state index in [0.717, 1.165) is 12.3 Å². The van der Waals surface area contributed by atoms with Gasteiger partial charge < -0.3 is 4.74 Å². The van der Waals surface area contributed by atoms with Gasteiger partial charge in [0, 0.05) is 11.8 Å². The van der Waals surface area contributed by atoms with Gasteiger partial charge in [0.2, 0.25) is 5.88 Å². The summed E-state index contributed by atoms with van der Waals surface area (Å²) in [7, 11) is 0. The molecule has 0 saturated heterocycles. The molecule has 0 spiro atoms. The predicted molar refractivity (Wildman–Crippen MR) is 44.8 cm³/mol. The van der Waals surface area contributed by atoms with Crippen LogP contribution in [0.1, 0.15) is 19.4 Å². The van der Waals surface area contributed by atoms with Crippen LogP contribution >= 0.6 is 0 Å². The zero-order valence-electron chi connectivity index (χ0n) is 7.00. The van der Waals surface area contributed by atoms with Gasteiger partial charge in [-0.3, -0.25) is 0 Å². The highest BCUT2D eigenvalue weighted by molar-refractivity contribution is 5.24. The van der Waals surface area contributed by atoms with E-state index in [-0.39, 0.29) is 0 Å². The van der Waals surface area contributed by atoms with Gasteiger partial charge >= 0.3 is 0 Å². The molecule has 0 aliphatic heterocycles. The third-order valence-electron chi connectivity index (χ3n) is 1.51. The normalized spacial score (nSPS) is 9.64. The van der Waals surface area contributed by atoms with Crippen LogP contribution in [0.3, 0.4) is 0 Å². The molecule has 1 rings (SSSR count). The zero-order valence-corrected chi connectivity index (χ0v) is 7.00. The average molecular weight is 151 g/mol. The van der Waals surface area contributed by atoms with Crippen molar-refractivity contribution in [2.75, 3.05) is 6.61 Å². The van der Waals surface area contributed by atoms with Crippen molar-refractivity contribution in [2.24, 2.45) is 0 Å². The van der Waals surface area contributed by atoms with Crippen LogP contribution in [0.5, 0.6) is 5.88 Å². The number of aryl methyl sites for hydroxylation is 1. The molecular weight excluding hydrogens is 138 g/mol. The third kappa shape index (κ3) is 1.93. The van der Waals surface area contributed by atoms with Gasteiger partial charge in [-0.05, 0) is 19.4 Å². The molecule has 0 N–H and O–H groups in total.